The molecule has 0 spiro atoms. The van der Waals surface area contributed by atoms with Gasteiger partial charge in [0.25, 0.3) is 0 Å². The molecule has 3 nitrogen and oxygen atoms in total. The molecule has 0 fully saturated rings. The molecular weight excluding hydrogens is 324 g/mol. The molecule has 98 valence electrons. The Bertz CT molecular complexity index is 616. The molecule has 2 rings (SSSR count). The number of primary amides is 1. The van der Waals surface area contributed by atoms with Crippen LogP contribution in [0.15, 0.2) is 51.8 Å². The molecule has 2 aromatic rings. The van der Waals surface area contributed by atoms with Gasteiger partial charge in [-0.15, -0.1) is 11.8 Å². The Hall–Kier alpha value is -1.46. The van der Waals surface area contributed by atoms with E-state index in [0.717, 1.165) is 20.6 Å². The van der Waals surface area contributed by atoms with Crippen molar-refractivity contribution in [2.24, 2.45) is 5.73 Å². The number of nitrogen functional groups attached to an aromatic ring is 1. The molecular formula is C14H13BrN2OS. The predicted molar refractivity (Wildman–Crippen MR) is 83.1 cm³/mol. The van der Waals surface area contributed by atoms with Crippen molar-refractivity contribution >= 4 is 39.3 Å². The smallest absolute Gasteiger partial charge is 0.249 e. The molecule has 4 N–H and O–H groups in total. The second kappa shape index (κ2) is 6.12. The number of halogens is 1. The first-order chi connectivity index (χ1) is 9.08. The Morgan fingerprint density at radius 3 is 2.68 bits per heavy atom. The summed E-state index contributed by atoms with van der Waals surface area (Å²) in [6.45, 7) is 0. The molecule has 0 radical (unpaired) electrons. The lowest BCUT2D eigenvalue weighted by molar-refractivity contribution is 0.0999. The Labute approximate surface area is 124 Å². The number of anilines is 1. The summed E-state index contributed by atoms with van der Waals surface area (Å²) >= 11 is 5.00. The van der Waals surface area contributed by atoms with Crippen molar-refractivity contribution < 1.29 is 4.79 Å². The quantitative estimate of drug-likeness (QED) is 0.663. The lowest BCUT2D eigenvalue weighted by Gasteiger charge is -2.08. The van der Waals surface area contributed by atoms with E-state index in [1.165, 1.54) is 0 Å². The number of nitrogens with two attached hydrogens (primary N) is 2. The van der Waals surface area contributed by atoms with Gasteiger partial charge >= 0.3 is 0 Å². The van der Waals surface area contributed by atoms with Crippen molar-refractivity contribution in [2.75, 3.05) is 5.73 Å². The average molecular weight is 337 g/mol. The van der Waals surface area contributed by atoms with Crippen LogP contribution in [0.4, 0.5) is 5.69 Å². The van der Waals surface area contributed by atoms with Crippen LogP contribution in [0.25, 0.3) is 0 Å². The van der Waals surface area contributed by atoms with Crippen LogP contribution in [0, 0.1) is 0 Å². The number of hydrogen-bond acceptors (Lipinski definition) is 3. The molecule has 0 bridgehead atoms. The maximum Gasteiger partial charge on any atom is 0.249 e. The molecule has 0 saturated heterocycles. The molecule has 0 aliphatic carbocycles. The maximum absolute atomic E-state index is 11.3. The van der Waals surface area contributed by atoms with Crippen LogP contribution in [0.5, 0.6) is 0 Å². The van der Waals surface area contributed by atoms with Gasteiger partial charge in [-0.1, -0.05) is 34.1 Å². The fourth-order valence-corrected chi connectivity index (χ4v) is 3.20. The fourth-order valence-electron chi connectivity index (χ4n) is 1.68. The summed E-state index contributed by atoms with van der Waals surface area (Å²) in [4.78, 5) is 12.3. The molecule has 1 amide bonds. The molecule has 0 aromatic heterocycles. The molecule has 0 aliphatic rings. The van der Waals surface area contributed by atoms with E-state index in [1.807, 2.05) is 36.4 Å². The van der Waals surface area contributed by atoms with Gasteiger partial charge in [0.1, 0.15) is 0 Å². The van der Waals surface area contributed by atoms with E-state index in [4.69, 9.17) is 11.5 Å². The van der Waals surface area contributed by atoms with Crippen LogP contribution in [-0.2, 0) is 5.75 Å². The lowest BCUT2D eigenvalue weighted by atomic mass is 10.1. The first-order valence-corrected chi connectivity index (χ1v) is 7.41. The third-order valence-corrected chi connectivity index (χ3v) is 4.25. The van der Waals surface area contributed by atoms with Gasteiger partial charge < -0.3 is 11.5 Å². The van der Waals surface area contributed by atoms with Gasteiger partial charge in [0, 0.05) is 26.4 Å². The van der Waals surface area contributed by atoms with Gasteiger partial charge in [-0.05, 0) is 29.8 Å². The normalized spacial score (nSPS) is 10.4. The summed E-state index contributed by atoms with van der Waals surface area (Å²) in [5, 5.41) is 0. The van der Waals surface area contributed by atoms with E-state index in [1.54, 1.807) is 17.8 Å². The fraction of sp³-hybridized carbons (Fsp3) is 0.0714. The number of benzene rings is 2. The summed E-state index contributed by atoms with van der Waals surface area (Å²) in [5.74, 6) is 0.248. The summed E-state index contributed by atoms with van der Waals surface area (Å²) in [7, 11) is 0. The first kappa shape index (κ1) is 14.0. The van der Waals surface area contributed by atoms with E-state index in [-0.39, 0.29) is 0 Å². The maximum atomic E-state index is 11.3. The number of thioether (sulfide) groups is 1. The summed E-state index contributed by atoms with van der Waals surface area (Å²) in [6.07, 6.45) is 0. The van der Waals surface area contributed by atoms with Crippen LogP contribution in [0.3, 0.4) is 0 Å². The van der Waals surface area contributed by atoms with Gasteiger partial charge in [0.2, 0.25) is 5.91 Å². The van der Waals surface area contributed by atoms with Gasteiger partial charge in [-0.2, -0.15) is 0 Å². The molecule has 19 heavy (non-hydrogen) atoms. The molecule has 0 unspecified atom stereocenters. The topological polar surface area (TPSA) is 69.1 Å². The average Bonchev–Trinajstić information content (AvgIpc) is 2.40. The first-order valence-electron chi connectivity index (χ1n) is 5.63. The number of rotatable bonds is 4. The van der Waals surface area contributed by atoms with E-state index >= 15 is 0 Å². The van der Waals surface area contributed by atoms with Crippen molar-refractivity contribution in [1.82, 2.24) is 0 Å². The highest BCUT2D eigenvalue weighted by Gasteiger charge is 2.08. The van der Waals surface area contributed by atoms with E-state index in [9.17, 15) is 4.79 Å². The van der Waals surface area contributed by atoms with Gasteiger partial charge in [-0.3, -0.25) is 4.79 Å². The Morgan fingerprint density at radius 1 is 1.21 bits per heavy atom. The molecule has 0 saturated carbocycles. The van der Waals surface area contributed by atoms with Gasteiger partial charge in [0.15, 0.2) is 0 Å². The van der Waals surface area contributed by atoms with Crippen LogP contribution in [0.1, 0.15) is 15.9 Å². The third kappa shape index (κ3) is 3.52. The van der Waals surface area contributed by atoms with E-state index in [2.05, 4.69) is 15.9 Å². The largest absolute Gasteiger partial charge is 0.398 e. The highest BCUT2D eigenvalue weighted by Crippen LogP contribution is 2.31. The van der Waals surface area contributed by atoms with Crippen molar-refractivity contribution in [3.05, 3.63) is 58.1 Å². The zero-order valence-electron chi connectivity index (χ0n) is 10.1. The van der Waals surface area contributed by atoms with Gasteiger partial charge in [0.05, 0.1) is 0 Å². The van der Waals surface area contributed by atoms with Crippen LogP contribution < -0.4 is 11.5 Å². The second-order valence-electron chi connectivity index (χ2n) is 3.99. The summed E-state index contributed by atoms with van der Waals surface area (Å²) in [6, 6.07) is 13.1. The SMILES string of the molecule is NC(=O)c1ccccc1CSc1cc(Br)ccc1N. The van der Waals surface area contributed by atoms with Crippen LogP contribution in [-0.4, -0.2) is 5.91 Å². The summed E-state index contributed by atoms with van der Waals surface area (Å²) < 4.78 is 0.979. The van der Waals surface area contributed by atoms with Crippen LogP contribution >= 0.6 is 27.7 Å². The molecule has 0 aliphatic heterocycles. The number of amides is 1. The summed E-state index contributed by atoms with van der Waals surface area (Å²) in [5.41, 5.74) is 13.5. The van der Waals surface area contributed by atoms with Crippen molar-refractivity contribution in [3.63, 3.8) is 0 Å². The Balaban J connectivity index is 2.19. The molecule has 5 heteroatoms. The van der Waals surface area contributed by atoms with Gasteiger partial charge in [-0.25, -0.2) is 0 Å². The zero-order chi connectivity index (χ0) is 13.8. The number of carbonyl (C=O) groups is 1. The van der Waals surface area contributed by atoms with Crippen LogP contribution in [0.2, 0.25) is 0 Å². The number of carbonyl (C=O) groups excluding carboxylic acids is 1. The monoisotopic (exact) mass is 336 g/mol. The van der Waals surface area contributed by atoms with E-state index < -0.39 is 5.91 Å². The zero-order valence-corrected chi connectivity index (χ0v) is 12.5. The minimum absolute atomic E-state index is 0.404. The molecule has 0 atom stereocenters. The lowest BCUT2D eigenvalue weighted by Crippen LogP contribution is -2.13. The van der Waals surface area contributed by atoms with Crippen molar-refractivity contribution in [3.8, 4) is 0 Å². The van der Waals surface area contributed by atoms with Crippen molar-refractivity contribution in [1.29, 1.82) is 0 Å². The third-order valence-electron chi connectivity index (χ3n) is 2.64. The highest BCUT2D eigenvalue weighted by atomic mass is 79.9. The molecule has 0 heterocycles. The highest BCUT2D eigenvalue weighted by molar-refractivity contribution is 9.10. The minimum Gasteiger partial charge on any atom is -0.398 e. The Morgan fingerprint density at radius 2 is 1.95 bits per heavy atom. The predicted octanol–water partition coefficient (Wildman–Crippen LogP) is 3.42. The number of hydrogen-bond donors (Lipinski definition) is 2. The standard InChI is InChI=1S/C14H13BrN2OS/c15-10-5-6-12(16)13(7-10)19-8-9-3-1-2-4-11(9)14(17)18/h1-7H,8,16H2,(H2,17,18). The molecule has 2 aromatic carbocycles. The second-order valence-corrected chi connectivity index (χ2v) is 5.93. The van der Waals surface area contributed by atoms with Crippen molar-refractivity contribution in [2.45, 2.75) is 10.6 Å². The Kier molecular flexibility index (Phi) is 4.50. The van der Waals surface area contributed by atoms with E-state index in [0.29, 0.717) is 11.3 Å². The minimum atomic E-state index is -0.404.